The average Bonchev–Trinajstić information content (AvgIpc) is 3.30. The number of unbranched alkanes of at least 4 members (excludes halogenated alkanes) is 1. The van der Waals surface area contributed by atoms with Crippen LogP contribution in [0.2, 0.25) is 0 Å². The molecule has 0 bridgehead atoms. The summed E-state index contributed by atoms with van der Waals surface area (Å²) in [4.78, 5) is 13.0. The molecule has 4 nitrogen and oxygen atoms in total. The number of amides is 1. The molecular weight excluding hydrogens is 356 g/mol. The molecule has 1 aromatic heterocycles. The smallest absolute Gasteiger partial charge is 0.224 e. The van der Waals surface area contributed by atoms with Crippen LogP contribution in [0.25, 0.3) is 0 Å². The average molecular weight is 385 g/mol. The van der Waals surface area contributed by atoms with E-state index in [0.29, 0.717) is 13.0 Å². The maximum absolute atomic E-state index is 11.5. The van der Waals surface area contributed by atoms with E-state index in [4.69, 9.17) is 4.74 Å². The van der Waals surface area contributed by atoms with Crippen LogP contribution < -0.4 is 15.4 Å². The fourth-order valence-electron chi connectivity index (χ4n) is 3.90. The summed E-state index contributed by atoms with van der Waals surface area (Å²) in [5.74, 6) is 2.55. The second kappa shape index (κ2) is 8.44. The zero-order valence-corrected chi connectivity index (χ0v) is 16.7. The number of rotatable bonds is 9. The van der Waals surface area contributed by atoms with Gasteiger partial charge in [-0.05, 0) is 86.2 Å². The van der Waals surface area contributed by atoms with E-state index in [1.54, 1.807) is 5.56 Å². The molecule has 0 saturated heterocycles. The Morgan fingerprint density at radius 2 is 2.19 bits per heavy atom. The lowest BCUT2D eigenvalue weighted by atomic mass is 10.0. The van der Waals surface area contributed by atoms with Crippen molar-refractivity contribution in [3.05, 3.63) is 45.6 Å². The molecule has 2 aromatic rings. The topological polar surface area (TPSA) is 50.4 Å². The molecule has 4 rings (SSSR count). The maximum atomic E-state index is 11.5. The van der Waals surface area contributed by atoms with Crippen LogP contribution in [0.3, 0.4) is 0 Å². The van der Waals surface area contributed by atoms with Gasteiger partial charge in [0, 0.05) is 23.1 Å². The number of fused-ring (bicyclic) bond motifs is 1. The molecule has 1 fully saturated rings. The van der Waals surface area contributed by atoms with E-state index >= 15 is 0 Å². The first-order valence-electron chi connectivity index (χ1n) is 10.0. The van der Waals surface area contributed by atoms with E-state index in [1.165, 1.54) is 16.9 Å². The Morgan fingerprint density at radius 1 is 1.26 bits per heavy atom. The molecule has 1 aliphatic carbocycles. The van der Waals surface area contributed by atoms with Crippen molar-refractivity contribution in [2.24, 2.45) is 5.92 Å². The lowest BCUT2D eigenvalue weighted by molar-refractivity contribution is -0.116. The highest BCUT2D eigenvalue weighted by atomic mass is 32.1. The van der Waals surface area contributed by atoms with Crippen LogP contribution in [0, 0.1) is 12.8 Å². The number of hydrogen-bond donors (Lipinski definition) is 2. The Bertz CT molecular complexity index is 801. The van der Waals surface area contributed by atoms with Crippen LogP contribution in [0.4, 0.5) is 5.69 Å². The van der Waals surface area contributed by atoms with Crippen molar-refractivity contribution in [3.8, 4) is 5.75 Å². The Hall–Kier alpha value is -1.85. The zero-order valence-electron chi connectivity index (χ0n) is 15.9. The highest BCUT2D eigenvalue weighted by Crippen LogP contribution is 2.48. The molecule has 2 atom stereocenters. The minimum absolute atomic E-state index is 0.0952. The molecule has 1 aliphatic heterocycles. The van der Waals surface area contributed by atoms with Crippen LogP contribution in [-0.4, -0.2) is 25.6 Å². The molecule has 2 heterocycles. The second-order valence-electron chi connectivity index (χ2n) is 7.66. The highest BCUT2D eigenvalue weighted by molar-refractivity contribution is 7.10. The summed E-state index contributed by atoms with van der Waals surface area (Å²) in [7, 11) is 0. The van der Waals surface area contributed by atoms with Gasteiger partial charge < -0.3 is 15.4 Å². The van der Waals surface area contributed by atoms with E-state index in [1.807, 2.05) is 23.5 Å². The standard InChI is InChI=1S/C22H28N2O2S/c1-15-19(8-11-27-15)20-12-17(20)14-23-9-2-3-10-26-18-6-4-16-5-7-22(25)24-21(16)13-18/h4,6,8,11,13,17,20,23H,2-3,5,7,9-10,12,14H2,1H3,(H,24,25). The van der Waals surface area contributed by atoms with Gasteiger partial charge in [0.25, 0.3) is 0 Å². The molecule has 27 heavy (non-hydrogen) atoms. The second-order valence-corrected chi connectivity index (χ2v) is 8.78. The number of thiophene rings is 1. The minimum atomic E-state index is 0.0952. The largest absolute Gasteiger partial charge is 0.494 e. The zero-order chi connectivity index (χ0) is 18.6. The fraction of sp³-hybridized carbons (Fsp3) is 0.500. The van der Waals surface area contributed by atoms with E-state index in [2.05, 4.69) is 35.1 Å². The number of carbonyl (C=O) groups excluding carboxylic acids is 1. The summed E-state index contributed by atoms with van der Waals surface area (Å²) in [5.41, 5.74) is 3.67. The number of anilines is 1. The molecule has 0 radical (unpaired) electrons. The predicted octanol–water partition coefficient (Wildman–Crippen LogP) is 4.49. The summed E-state index contributed by atoms with van der Waals surface area (Å²) in [6.45, 7) is 5.13. The maximum Gasteiger partial charge on any atom is 0.224 e. The van der Waals surface area contributed by atoms with E-state index < -0.39 is 0 Å². The van der Waals surface area contributed by atoms with Gasteiger partial charge in [-0.25, -0.2) is 0 Å². The Labute approximate surface area is 165 Å². The molecule has 5 heteroatoms. The van der Waals surface area contributed by atoms with Gasteiger partial charge in [0.15, 0.2) is 0 Å². The monoisotopic (exact) mass is 384 g/mol. The van der Waals surface area contributed by atoms with Gasteiger partial charge in [0.2, 0.25) is 5.91 Å². The molecule has 2 N–H and O–H groups in total. The summed E-state index contributed by atoms with van der Waals surface area (Å²) in [6, 6.07) is 8.32. The summed E-state index contributed by atoms with van der Waals surface area (Å²) in [6.07, 6.45) is 4.89. The third kappa shape index (κ3) is 4.71. The molecule has 2 aliphatic rings. The van der Waals surface area contributed by atoms with Crippen molar-refractivity contribution >= 4 is 22.9 Å². The van der Waals surface area contributed by atoms with Gasteiger partial charge in [0.05, 0.1) is 6.61 Å². The third-order valence-electron chi connectivity index (χ3n) is 5.62. The lowest BCUT2D eigenvalue weighted by Crippen LogP contribution is -2.19. The van der Waals surface area contributed by atoms with Crippen molar-refractivity contribution < 1.29 is 9.53 Å². The van der Waals surface area contributed by atoms with Crippen LogP contribution in [0.1, 0.15) is 47.6 Å². The highest BCUT2D eigenvalue weighted by Gasteiger charge is 2.38. The van der Waals surface area contributed by atoms with Gasteiger partial charge in [-0.3, -0.25) is 4.79 Å². The lowest BCUT2D eigenvalue weighted by Gasteiger charge is -2.17. The summed E-state index contributed by atoms with van der Waals surface area (Å²) < 4.78 is 5.85. The van der Waals surface area contributed by atoms with E-state index in [9.17, 15) is 4.79 Å². The Morgan fingerprint density at radius 3 is 3.04 bits per heavy atom. The van der Waals surface area contributed by atoms with Crippen LogP contribution in [-0.2, 0) is 11.2 Å². The van der Waals surface area contributed by atoms with Crippen molar-refractivity contribution in [2.45, 2.75) is 44.9 Å². The van der Waals surface area contributed by atoms with Gasteiger partial charge in [-0.2, -0.15) is 0 Å². The Kier molecular flexibility index (Phi) is 5.79. The predicted molar refractivity (Wildman–Crippen MR) is 111 cm³/mol. The fourth-order valence-corrected chi connectivity index (χ4v) is 4.68. The van der Waals surface area contributed by atoms with Crippen LogP contribution >= 0.6 is 11.3 Å². The molecule has 144 valence electrons. The van der Waals surface area contributed by atoms with Gasteiger partial charge in [-0.1, -0.05) is 6.07 Å². The summed E-state index contributed by atoms with van der Waals surface area (Å²) >= 11 is 1.86. The third-order valence-corrected chi connectivity index (χ3v) is 6.48. The first kappa shape index (κ1) is 18.5. The van der Waals surface area contributed by atoms with Crippen LogP contribution in [0.15, 0.2) is 29.6 Å². The molecule has 1 saturated carbocycles. The minimum Gasteiger partial charge on any atom is -0.494 e. The Balaban J connectivity index is 1.09. The van der Waals surface area contributed by atoms with E-state index in [0.717, 1.165) is 55.6 Å². The molecule has 2 unspecified atom stereocenters. The molecular formula is C22H28N2O2S. The van der Waals surface area contributed by atoms with Gasteiger partial charge in [0.1, 0.15) is 5.75 Å². The first-order valence-corrected chi connectivity index (χ1v) is 10.9. The van der Waals surface area contributed by atoms with Gasteiger partial charge in [-0.15, -0.1) is 11.3 Å². The quantitative estimate of drug-likeness (QED) is 0.626. The van der Waals surface area contributed by atoms with Crippen molar-refractivity contribution in [1.29, 1.82) is 0 Å². The number of aryl methyl sites for hydroxylation is 2. The SMILES string of the molecule is Cc1sccc1C1CC1CNCCCCOc1ccc2c(c1)NC(=O)CC2. The normalized spacial score (nSPS) is 20.9. The number of benzene rings is 1. The van der Waals surface area contributed by atoms with Crippen molar-refractivity contribution in [3.63, 3.8) is 0 Å². The van der Waals surface area contributed by atoms with Crippen molar-refractivity contribution in [1.82, 2.24) is 5.32 Å². The number of hydrogen-bond acceptors (Lipinski definition) is 4. The molecule has 1 amide bonds. The van der Waals surface area contributed by atoms with E-state index in [-0.39, 0.29) is 5.91 Å². The van der Waals surface area contributed by atoms with Crippen molar-refractivity contribution in [2.75, 3.05) is 25.0 Å². The molecule has 1 aromatic carbocycles. The summed E-state index contributed by atoms with van der Waals surface area (Å²) in [5, 5.41) is 8.74. The number of carbonyl (C=O) groups is 1. The number of nitrogens with one attached hydrogen (secondary N) is 2. The number of ether oxygens (including phenoxy) is 1. The molecule has 0 spiro atoms. The van der Waals surface area contributed by atoms with Gasteiger partial charge >= 0.3 is 0 Å². The van der Waals surface area contributed by atoms with Crippen LogP contribution in [0.5, 0.6) is 5.75 Å². The first-order chi connectivity index (χ1) is 13.2.